The first-order valence-electron chi connectivity index (χ1n) is 21.9. The topological polar surface area (TPSA) is 169 Å². The Morgan fingerprint density at radius 3 is 1.78 bits per heavy atom. The first-order chi connectivity index (χ1) is 28.0. The highest BCUT2D eigenvalue weighted by molar-refractivity contribution is 7.47. The highest BCUT2D eigenvalue weighted by Gasteiger charge is 2.27. The third kappa shape index (κ3) is 40.2. The van der Waals surface area contributed by atoms with Crippen LogP contribution in [0, 0.1) is 5.92 Å². The van der Waals surface area contributed by atoms with Crippen molar-refractivity contribution in [3.8, 4) is 0 Å². The number of hydrogen-bond acceptors (Lipinski definition) is 10. The van der Waals surface area contributed by atoms with Gasteiger partial charge in [-0.25, -0.2) is 4.57 Å². The Hall–Kier alpha value is -2.63. The SMILES string of the molecule is CC/C=C\CC(O)/C=C/C=C/C/C=C\C/C=C\C/C=C\CCC(=O)O[C@H](COC(=O)CCCCCCCCCCCCCCC(C)C)COP(=O)(O)OC[C@@H](O)CO. The van der Waals surface area contributed by atoms with E-state index in [2.05, 4.69) is 43.5 Å². The summed E-state index contributed by atoms with van der Waals surface area (Å²) in [5.74, 6) is -0.246. The van der Waals surface area contributed by atoms with Gasteiger partial charge in [0.25, 0.3) is 0 Å². The van der Waals surface area contributed by atoms with Crippen LogP contribution in [0.1, 0.15) is 156 Å². The summed E-state index contributed by atoms with van der Waals surface area (Å²) in [5.41, 5.74) is 0. The maximum absolute atomic E-state index is 12.6. The summed E-state index contributed by atoms with van der Waals surface area (Å²) >= 11 is 0. The van der Waals surface area contributed by atoms with Gasteiger partial charge in [0.2, 0.25) is 0 Å². The largest absolute Gasteiger partial charge is 0.472 e. The number of rotatable bonds is 39. The number of aliphatic hydroxyl groups is 3. The Morgan fingerprint density at radius 2 is 1.19 bits per heavy atom. The van der Waals surface area contributed by atoms with Crippen LogP contribution in [0.5, 0.6) is 0 Å². The van der Waals surface area contributed by atoms with Crippen molar-refractivity contribution >= 4 is 19.8 Å². The highest BCUT2D eigenvalue weighted by Crippen LogP contribution is 2.43. The number of esters is 2. The van der Waals surface area contributed by atoms with Gasteiger partial charge in [0.1, 0.15) is 12.7 Å². The summed E-state index contributed by atoms with van der Waals surface area (Å²) in [6.07, 6.45) is 40.8. The van der Waals surface area contributed by atoms with Gasteiger partial charge in [-0.3, -0.25) is 18.6 Å². The van der Waals surface area contributed by atoms with E-state index in [1.54, 1.807) is 6.08 Å². The van der Waals surface area contributed by atoms with E-state index in [4.69, 9.17) is 19.1 Å². The number of unbranched alkanes of at least 4 members (excludes halogenated alkanes) is 11. The lowest BCUT2D eigenvalue weighted by Crippen LogP contribution is -2.29. The monoisotopic (exact) mass is 839 g/mol. The molecule has 0 heterocycles. The molecule has 4 atom stereocenters. The van der Waals surface area contributed by atoms with Gasteiger partial charge >= 0.3 is 19.8 Å². The molecule has 2 unspecified atom stereocenters. The number of hydrogen-bond donors (Lipinski definition) is 4. The highest BCUT2D eigenvalue weighted by atomic mass is 31.2. The van der Waals surface area contributed by atoms with Crippen molar-refractivity contribution in [2.45, 2.75) is 174 Å². The molecule has 0 aromatic heterocycles. The second-order valence-corrected chi connectivity index (χ2v) is 16.5. The number of carbonyl (C=O) groups excluding carboxylic acids is 2. The molecule has 0 aliphatic heterocycles. The molecule has 0 aromatic rings. The summed E-state index contributed by atoms with van der Waals surface area (Å²) in [7, 11) is -4.65. The van der Waals surface area contributed by atoms with Crippen LogP contribution in [0.4, 0.5) is 0 Å². The fourth-order valence-corrected chi connectivity index (χ4v) is 6.31. The molecule has 0 bridgehead atoms. The molecular weight excluding hydrogens is 759 g/mol. The van der Waals surface area contributed by atoms with Gasteiger partial charge in [-0.1, -0.05) is 171 Å². The molecule has 58 heavy (non-hydrogen) atoms. The lowest BCUT2D eigenvalue weighted by molar-refractivity contribution is -0.161. The Bertz CT molecular complexity index is 1220. The maximum Gasteiger partial charge on any atom is 0.472 e. The Kier molecular flexibility index (Phi) is 38.0. The molecule has 0 aromatic carbocycles. The van der Waals surface area contributed by atoms with Crippen LogP contribution in [0.3, 0.4) is 0 Å². The number of aliphatic hydroxyl groups excluding tert-OH is 3. The maximum atomic E-state index is 12.6. The molecule has 12 heteroatoms. The minimum absolute atomic E-state index is 0.0411. The Balaban J connectivity index is 4.47. The summed E-state index contributed by atoms with van der Waals surface area (Å²) < 4.78 is 32.6. The van der Waals surface area contributed by atoms with Crippen LogP contribution >= 0.6 is 7.82 Å². The normalized spacial score (nSPS) is 15.2. The van der Waals surface area contributed by atoms with Crippen LogP contribution in [0.2, 0.25) is 0 Å². The van der Waals surface area contributed by atoms with E-state index in [-0.39, 0.29) is 19.4 Å². The van der Waals surface area contributed by atoms with Crippen molar-refractivity contribution in [3.63, 3.8) is 0 Å². The zero-order valence-corrected chi connectivity index (χ0v) is 36.9. The first kappa shape index (κ1) is 55.4. The Labute approximate surface area is 351 Å². The van der Waals surface area contributed by atoms with E-state index < -0.39 is 57.9 Å². The fourth-order valence-electron chi connectivity index (χ4n) is 5.52. The smallest absolute Gasteiger partial charge is 0.462 e. The molecule has 0 aliphatic carbocycles. The molecule has 0 spiro atoms. The average Bonchev–Trinajstić information content (AvgIpc) is 3.19. The second kappa shape index (κ2) is 39.8. The standard InChI is InChI=1S/C46H79O11P/c1-4-5-27-33-42(48)34-29-24-20-16-12-7-6-8-14-18-22-26-31-36-46(51)57-44(40-56-58(52,53)55-38-43(49)37-47)39-54-45(50)35-30-25-21-17-13-10-9-11-15-19-23-28-32-41(2)3/h5,7-8,12,14,20,22,24,26-27,29,34,41-44,47-49H,4,6,9-11,13,15-19,21,23,25,28,30-33,35-40H2,1-3H3,(H,52,53)/b12-7-,14-8-,24-20+,26-22-,27-5-,34-29+/t42?,43-,44+/m0/s1. The van der Waals surface area contributed by atoms with E-state index in [1.807, 2.05) is 48.6 Å². The quantitative estimate of drug-likeness (QED) is 0.0153. The van der Waals surface area contributed by atoms with Gasteiger partial charge in [0, 0.05) is 12.8 Å². The van der Waals surface area contributed by atoms with E-state index in [0.717, 1.165) is 44.4 Å². The van der Waals surface area contributed by atoms with Crippen molar-refractivity contribution in [1.82, 2.24) is 0 Å². The zero-order chi connectivity index (χ0) is 43.0. The number of ether oxygens (including phenoxy) is 2. The van der Waals surface area contributed by atoms with E-state index >= 15 is 0 Å². The van der Waals surface area contributed by atoms with Crippen LogP contribution < -0.4 is 0 Å². The molecule has 0 saturated heterocycles. The number of phosphoric acid groups is 1. The van der Waals surface area contributed by atoms with Crippen molar-refractivity contribution in [2.24, 2.45) is 5.92 Å². The predicted molar refractivity (Wildman–Crippen MR) is 234 cm³/mol. The predicted octanol–water partition coefficient (Wildman–Crippen LogP) is 10.5. The molecule has 0 radical (unpaired) electrons. The van der Waals surface area contributed by atoms with Crippen molar-refractivity contribution < 1.29 is 52.9 Å². The summed E-state index contributed by atoms with van der Waals surface area (Å²) in [4.78, 5) is 35.0. The van der Waals surface area contributed by atoms with Gasteiger partial charge in [0.05, 0.1) is 25.9 Å². The van der Waals surface area contributed by atoms with E-state index in [0.29, 0.717) is 25.7 Å². The van der Waals surface area contributed by atoms with Gasteiger partial charge in [0.15, 0.2) is 6.10 Å². The third-order valence-electron chi connectivity index (χ3n) is 8.90. The molecular formula is C46H79O11P. The van der Waals surface area contributed by atoms with Crippen LogP contribution in [0.25, 0.3) is 0 Å². The minimum atomic E-state index is -4.65. The molecule has 0 fully saturated rings. The van der Waals surface area contributed by atoms with Crippen LogP contribution in [-0.2, 0) is 32.7 Å². The van der Waals surface area contributed by atoms with Crippen molar-refractivity contribution in [1.29, 1.82) is 0 Å². The second-order valence-electron chi connectivity index (χ2n) is 15.0. The minimum Gasteiger partial charge on any atom is -0.462 e. The molecule has 11 nitrogen and oxygen atoms in total. The Morgan fingerprint density at radius 1 is 0.638 bits per heavy atom. The van der Waals surface area contributed by atoms with Gasteiger partial charge < -0.3 is 29.7 Å². The van der Waals surface area contributed by atoms with Crippen LogP contribution in [-0.4, -0.2) is 76.9 Å². The van der Waals surface area contributed by atoms with E-state index in [9.17, 15) is 29.3 Å². The molecule has 0 aliphatic rings. The third-order valence-corrected chi connectivity index (χ3v) is 9.85. The van der Waals surface area contributed by atoms with Crippen molar-refractivity contribution in [3.05, 3.63) is 72.9 Å². The molecule has 0 amide bonds. The van der Waals surface area contributed by atoms with Gasteiger partial charge in [-0.2, -0.15) is 0 Å². The molecule has 334 valence electrons. The van der Waals surface area contributed by atoms with Gasteiger partial charge in [-0.05, 0) is 50.9 Å². The first-order valence-corrected chi connectivity index (χ1v) is 23.4. The summed E-state index contributed by atoms with van der Waals surface area (Å²) in [5, 5.41) is 28.2. The molecule has 0 saturated carbocycles. The number of allylic oxidation sites excluding steroid dienone is 10. The average molecular weight is 839 g/mol. The van der Waals surface area contributed by atoms with Crippen LogP contribution in [0.15, 0.2) is 72.9 Å². The lowest BCUT2D eigenvalue weighted by Gasteiger charge is -2.20. The summed E-state index contributed by atoms with van der Waals surface area (Å²) in [6.45, 7) is 4.39. The zero-order valence-electron chi connectivity index (χ0n) is 36.0. The van der Waals surface area contributed by atoms with Crippen molar-refractivity contribution in [2.75, 3.05) is 26.4 Å². The molecule has 0 rings (SSSR count). The van der Waals surface area contributed by atoms with E-state index in [1.165, 1.54) is 57.8 Å². The lowest BCUT2D eigenvalue weighted by atomic mass is 10.0. The molecule has 4 N–H and O–H groups in total. The number of carbonyl (C=O) groups is 2. The number of phosphoric ester groups is 1. The summed E-state index contributed by atoms with van der Waals surface area (Å²) in [6, 6.07) is 0. The fraction of sp³-hybridized carbons (Fsp3) is 0.696. The van der Waals surface area contributed by atoms with Gasteiger partial charge in [-0.15, -0.1) is 0 Å².